The van der Waals surface area contributed by atoms with Crippen LogP contribution in [0, 0.1) is 3.57 Å². The standard InChI is InChI=1S/C13H17IO/c1-3-5-9-15-13-10-11(6-4-2)7-8-12(13)14/h4,7-8,10H,2-3,5-6,9H2,1H3. The second-order valence-corrected chi connectivity index (χ2v) is 4.62. The molecule has 0 fully saturated rings. The van der Waals surface area contributed by atoms with Crippen molar-refractivity contribution in [3.05, 3.63) is 40.0 Å². The summed E-state index contributed by atoms with van der Waals surface area (Å²) < 4.78 is 6.90. The van der Waals surface area contributed by atoms with Gasteiger partial charge in [-0.25, -0.2) is 0 Å². The molecule has 0 heterocycles. The lowest BCUT2D eigenvalue weighted by Gasteiger charge is -2.09. The molecule has 0 spiro atoms. The fourth-order valence-corrected chi connectivity index (χ4v) is 1.77. The molecule has 1 aromatic carbocycles. The van der Waals surface area contributed by atoms with Gasteiger partial charge in [0.05, 0.1) is 10.2 Å². The van der Waals surface area contributed by atoms with Crippen molar-refractivity contribution in [1.82, 2.24) is 0 Å². The summed E-state index contributed by atoms with van der Waals surface area (Å²) in [5.74, 6) is 1.00. The Labute approximate surface area is 106 Å². The average Bonchev–Trinajstić information content (AvgIpc) is 2.23. The average molecular weight is 316 g/mol. The van der Waals surface area contributed by atoms with E-state index in [1.54, 1.807) is 0 Å². The Bertz CT molecular complexity index is 320. The van der Waals surface area contributed by atoms with E-state index in [1.807, 2.05) is 6.08 Å². The van der Waals surface area contributed by atoms with Gasteiger partial charge in [-0.2, -0.15) is 0 Å². The highest BCUT2D eigenvalue weighted by molar-refractivity contribution is 14.1. The third-order valence-electron chi connectivity index (χ3n) is 2.13. The molecule has 0 aliphatic carbocycles. The molecular formula is C13H17IO. The first-order chi connectivity index (χ1) is 7.27. The van der Waals surface area contributed by atoms with E-state index in [9.17, 15) is 0 Å². The molecule has 1 rings (SSSR count). The lowest BCUT2D eigenvalue weighted by atomic mass is 10.1. The molecule has 0 bridgehead atoms. The summed E-state index contributed by atoms with van der Waals surface area (Å²) in [6.45, 7) is 6.72. The number of allylic oxidation sites excluding steroid dienone is 1. The van der Waals surface area contributed by atoms with Gasteiger partial charge in [-0.1, -0.05) is 25.5 Å². The van der Waals surface area contributed by atoms with Crippen LogP contribution in [0.2, 0.25) is 0 Å². The van der Waals surface area contributed by atoms with E-state index in [2.05, 4.69) is 54.3 Å². The molecule has 1 nitrogen and oxygen atoms in total. The Morgan fingerprint density at radius 3 is 2.93 bits per heavy atom. The first kappa shape index (κ1) is 12.6. The normalized spacial score (nSPS) is 10.0. The van der Waals surface area contributed by atoms with E-state index in [-0.39, 0.29) is 0 Å². The highest BCUT2D eigenvalue weighted by Gasteiger charge is 2.01. The van der Waals surface area contributed by atoms with E-state index in [0.717, 1.165) is 25.2 Å². The summed E-state index contributed by atoms with van der Waals surface area (Å²) in [7, 11) is 0. The Balaban J connectivity index is 2.67. The minimum Gasteiger partial charge on any atom is -0.492 e. The van der Waals surface area contributed by atoms with Crippen LogP contribution in [0.5, 0.6) is 5.75 Å². The van der Waals surface area contributed by atoms with Gasteiger partial charge in [-0.3, -0.25) is 0 Å². The Morgan fingerprint density at radius 2 is 2.27 bits per heavy atom. The number of hydrogen-bond acceptors (Lipinski definition) is 1. The van der Waals surface area contributed by atoms with Gasteiger partial charge in [0.25, 0.3) is 0 Å². The predicted molar refractivity (Wildman–Crippen MR) is 73.5 cm³/mol. The quantitative estimate of drug-likeness (QED) is 0.434. The van der Waals surface area contributed by atoms with E-state index < -0.39 is 0 Å². The molecule has 1 aromatic rings. The van der Waals surface area contributed by atoms with Crippen molar-refractivity contribution in [3.63, 3.8) is 0 Å². The number of benzene rings is 1. The van der Waals surface area contributed by atoms with Crippen LogP contribution in [0.25, 0.3) is 0 Å². The summed E-state index contributed by atoms with van der Waals surface area (Å²) in [5.41, 5.74) is 1.26. The highest BCUT2D eigenvalue weighted by Crippen LogP contribution is 2.23. The molecule has 0 amide bonds. The van der Waals surface area contributed by atoms with Crippen molar-refractivity contribution in [2.75, 3.05) is 6.61 Å². The zero-order chi connectivity index (χ0) is 11.1. The zero-order valence-corrected chi connectivity index (χ0v) is 11.3. The van der Waals surface area contributed by atoms with E-state index >= 15 is 0 Å². The maximum atomic E-state index is 5.72. The largest absolute Gasteiger partial charge is 0.492 e. The minimum atomic E-state index is 0.810. The van der Waals surface area contributed by atoms with Gasteiger partial charge in [0, 0.05) is 0 Å². The molecule has 0 aliphatic rings. The van der Waals surface area contributed by atoms with Crippen LogP contribution < -0.4 is 4.74 Å². The van der Waals surface area contributed by atoms with Gasteiger partial charge in [-0.15, -0.1) is 6.58 Å². The third-order valence-corrected chi connectivity index (χ3v) is 3.02. The molecule has 0 atom stereocenters. The van der Waals surface area contributed by atoms with Crippen molar-refractivity contribution in [2.45, 2.75) is 26.2 Å². The molecule has 15 heavy (non-hydrogen) atoms. The highest BCUT2D eigenvalue weighted by atomic mass is 127. The molecule has 0 N–H and O–H groups in total. The van der Waals surface area contributed by atoms with Crippen molar-refractivity contribution in [3.8, 4) is 5.75 Å². The molecule has 0 saturated heterocycles. The monoisotopic (exact) mass is 316 g/mol. The maximum absolute atomic E-state index is 5.72. The molecule has 0 saturated carbocycles. The van der Waals surface area contributed by atoms with Gasteiger partial charge in [0.15, 0.2) is 0 Å². The van der Waals surface area contributed by atoms with Gasteiger partial charge in [-0.05, 0) is 53.1 Å². The van der Waals surface area contributed by atoms with Gasteiger partial charge in [0.2, 0.25) is 0 Å². The number of ether oxygens (including phenoxy) is 1. The molecule has 0 aromatic heterocycles. The first-order valence-corrected chi connectivity index (χ1v) is 6.38. The Hall–Kier alpha value is -0.510. The van der Waals surface area contributed by atoms with Crippen LogP contribution in [0.1, 0.15) is 25.3 Å². The second kappa shape index (κ2) is 6.88. The second-order valence-electron chi connectivity index (χ2n) is 3.46. The molecule has 0 aliphatic heterocycles. The van der Waals surface area contributed by atoms with E-state index in [0.29, 0.717) is 0 Å². The molecular weight excluding hydrogens is 299 g/mol. The number of hydrogen-bond donors (Lipinski definition) is 0. The third kappa shape index (κ3) is 4.24. The zero-order valence-electron chi connectivity index (χ0n) is 9.13. The fraction of sp³-hybridized carbons (Fsp3) is 0.385. The maximum Gasteiger partial charge on any atom is 0.132 e. The van der Waals surface area contributed by atoms with E-state index in [1.165, 1.54) is 15.6 Å². The molecule has 2 heteroatoms. The topological polar surface area (TPSA) is 9.23 Å². The van der Waals surface area contributed by atoms with Crippen LogP contribution in [0.4, 0.5) is 0 Å². The van der Waals surface area contributed by atoms with Gasteiger partial charge >= 0.3 is 0 Å². The van der Waals surface area contributed by atoms with Crippen LogP contribution in [0.15, 0.2) is 30.9 Å². The fourth-order valence-electron chi connectivity index (χ4n) is 1.28. The first-order valence-electron chi connectivity index (χ1n) is 5.30. The van der Waals surface area contributed by atoms with Crippen LogP contribution in [-0.4, -0.2) is 6.61 Å². The van der Waals surface area contributed by atoms with Crippen LogP contribution in [0.3, 0.4) is 0 Å². The molecule has 82 valence electrons. The van der Waals surface area contributed by atoms with Crippen molar-refractivity contribution >= 4 is 22.6 Å². The predicted octanol–water partition coefficient (Wildman–Crippen LogP) is 4.20. The SMILES string of the molecule is C=CCc1ccc(I)c(OCCCC)c1. The van der Waals surface area contributed by atoms with Crippen molar-refractivity contribution in [1.29, 1.82) is 0 Å². The van der Waals surface area contributed by atoms with Gasteiger partial charge < -0.3 is 4.74 Å². The number of rotatable bonds is 6. The Kier molecular flexibility index (Phi) is 5.76. The summed E-state index contributed by atoms with van der Waals surface area (Å²) in [5, 5.41) is 0. The van der Waals surface area contributed by atoms with Crippen LogP contribution >= 0.6 is 22.6 Å². The lowest BCUT2D eigenvalue weighted by Crippen LogP contribution is -1.98. The van der Waals surface area contributed by atoms with Crippen molar-refractivity contribution in [2.24, 2.45) is 0 Å². The van der Waals surface area contributed by atoms with Crippen molar-refractivity contribution < 1.29 is 4.74 Å². The summed E-state index contributed by atoms with van der Waals surface area (Å²) in [6, 6.07) is 6.33. The summed E-state index contributed by atoms with van der Waals surface area (Å²) in [4.78, 5) is 0. The number of halogens is 1. The summed E-state index contributed by atoms with van der Waals surface area (Å²) in [6.07, 6.45) is 5.10. The molecule has 0 radical (unpaired) electrons. The molecule has 0 unspecified atom stereocenters. The summed E-state index contributed by atoms with van der Waals surface area (Å²) >= 11 is 2.31. The number of unbranched alkanes of at least 4 members (excludes halogenated alkanes) is 1. The van der Waals surface area contributed by atoms with E-state index in [4.69, 9.17) is 4.74 Å². The van der Waals surface area contributed by atoms with Gasteiger partial charge in [0.1, 0.15) is 5.75 Å². The minimum absolute atomic E-state index is 0.810. The smallest absolute Gasteiger partial charge is 0.132 e. The van der Waals surface area contributed by atoms with Crippen LogP contribution in [-0.2, 0) is 6.42 Å². The Morgan fingerprint density at radius 1 is 1.47 bits per heavy atom. The lowest BCUT2D eigenvalue weighted by molar-refractivity contribution is 0.307.